The van der Waals surface area contributed by atoms with E-state index in [1.54, 1.807) is 63.8 Å². The van der Waals surface area contributed by atoms with Crippen molar-refractivity contribution in [3.05, 3.63) is 67.9 Å². The van der Waals surface area contributed by atoms with Crippen molar-refractivity contribution in [2.24, 2.45) is 0 Å². The van der Waals surface area contributed by atoms with Gasteiger partial charge in [-0.15, -0.1) is 0 Å². The van der Waals surface area contributed by atoms with Gasteiger partial charge in [-0.2, -0.15) is 0 Å². The first kappa shape index (κ1) is 18.7. The molecule has 1 aromatic heterocycles. The van der Waals surface area contributed by atoms with Crippen molar-refractivity contribution < 1.29 is 14.2 Å². The summed E-state index contributed by atoms with van der Waals surface area (Å²) in [5.41, 5.74) is 1.09. The summed E-state index contributed by atoms with van der Waals surface area (Å²) >= 11 is 5.92. The van der Waals surface area contributed by atoms with Gasteiger partial charge in [0.25, 0.3) is 5.56 Å². The zero-order valence-electron chi connectivity index (χ0n) is 15.2. The van der Waals surface area contributed by atoms with Crippen molar-refractivity contribution in [2.45, 2.75) is 0 Å². The van der Waals surface area contributed by atoms with Crippen LogP contribution in [0.1, 0.15) is 5.56 Å². The van der Waals surface area contributed by atoms with Crippen molar-refractivity contribution in [3.63, 3.8) is 0 Å². The van der Waals surface area contributed by atoms with E-state index in [1.807, 2.05) is 0 Å². The van der Waals surface area contributed by atoms with Gasteiger partial charge in [0.15, 0.2) is 11.5 Å². The second-order valence-electron chi connectivity index (χ2n) is 5.71. The number of rotatable bonds is 5. The largest absolute Gasteiger partial charge is 0.496 e. The predicted octanol–water partition coefficient (Wildman–Crippen LogP) is 2.08. The first-order valence-corrected chi connectivity index (χ1v) is 8.44. The van der Waals surface area contributed by atoms with Gasteiger partial charge in [-0.3, -0.25) is 9.89 Å². The SMILES string of the molecule is C=c1[nH]n(-c2ccc(Cl)cc2)c(=O)/c1=C\c1cc(OC)c(OC)cc1OC. The fourth-order valence-corrected chi connectivity index (χ4v) is 2.86. The number of hydrogen-bond acceptors (Lipinski definition) is 4. The second-order valence-corrected chi connectivity index (χ2v) is 6.15. The molecule has 0 unspecified atom stereocenters. The Labute approximate surface area is 160 Å². The molecule has 27 heavy (non-hydrogen) atoms. The van der Waals surface area contributed by atoms with Gasteiger partial charge in [0.05, 0.1) is 37.6 Å². The Bertz CT molecular complexity index is 1130. The lowest BCUT2D eigenvalue weighted by Crippen LogP contribution is -2.34. The number of aromatic amines is 1. The summed E-state index contributed by atoms with van der Waals surface area (Å²) < 4.78 is 17.5. The Kier molecular flexibility index (Phi) is 5.28. The van der Waals surface area contributed by atoms with Gasteiger partial charge in [-0.05, 0) is 36.4 Å². The third kappa shape index (κ3) is 3.57. The highest BCUT2D eigenvalue weighted by Crippen LogP contribution is 2.34. The number of benzene rings is 2. The summed E-state index contributed by atoms with van der Waals surface area (Å²) in [7, 11) is 4.64. The molecule has 0 bridgehead atoms. The van der Waals surface area contributed by atoms with Crippen LogP contribution in [0.15, 0.2) is 41.2 Å². The second kappa shape index (κ2) is 7.63. The maximum Gasteiger partial charge on any atom is 0.279 e. The summed E-state index contributed by atoms with van der Waals surface area (Å²) in [5, 5.41) is 4.46. The van der Waals surface area contributed by atoms with Gasteiger partial charge in [-0.25, -0.2) is 4.68 Å². The highest BCUT2D eigenvalue weighted by atomic mass is 35.5. The van der Waals surface area contributed by atoms with E-state index in [4.69, 9.17) is 25.8 Å². The Balaban J connectivity index is 2.20. The molecule has 7 heteroatoms. The minimum atomic E-state index is -0.237. The van der Waals surface area contributed by atoms with Crippen LogP contribution in [-0.4, -0.2) is 31.1 Å². The van der Waals surface area contributed by atoms with Crippen LogP contribution in [0.2, 0.25) is 5.02 Å². The summed E-state index contributed by atoms with van der Waals surface area (Å²) in [6, 6.07) is 10.4. The van der Waals surface area contributed by atoms with Crippen LogP contribution in [0.3, 0.4) is 0 Å². The van der Waals surface area contributed by atoms with Crippen LogP contribution >= 0.6 is 11.6 Å². The fourth-order valence-electron chi connectivity index (χ4n) is 2.74. The number of H-pyrrole nitrogens is 1. The molecule has 140 valence electrons. The molecular formula is C20H19ClN2O4. The van der Waals surface area contributed by atoms with E-state index in [0.717, 1.165) is 0 Å². The maximum atomic E-state index is 12.9. The number of halogens is 1. The molecule has 0 fully saturated rings. The molecule has 1 heterocycles. The third-order valence-corrected chi connectivity index (χ3v) is 4.38. The molecule has 0 aliphatic heterocycles. The van der Waals surface area contributed by atoms with Gasteiger partial charge in [-0.1, -0.05) is 18.2 Å². The Morgan fingerprint density at radius 2 is 1.59 bits per heavy atom. The van der Waals surface area contributed by atoms with Crippen LogP contribution in [-0.2, 0) is 0 Å². The minimum absolute atomic E-state index is 0.237. The highest BCUT2D eigenvalue weighted by Gasteiger charge is 2.12. The normalized spacial score (nSPS) is 11.5. The molecule has 2 aromatic carbocycles. The molecule has 0 saturated carbocycles. The molecule has 6 nitrogen and oxygen atoms in total. The van der Waals surface area contributed by atoms with E-state index in [0.29, 0.717) is 44.1 Å². The van der Waals surface area contributed by atoms with E-state index in [-0.39, 0.29) is 5.56 Å². The van der Waals surface area contributed by atoms with E-state index >= 15 is 0 Å². The van der Waals surface area contributed by atoms with Crippen molar-refractivity contribution in [3.8, 4) is 22.9 Å². The number of nitrogens with zero attached hydrogens (tertiary/aromatic N) is 1. The number of ether oxygens (including phenoxy) is 3. The predicted molar refractivity (Wildman–Crippen MR) is 106 cm³/mol. The van der Waals surface area contributed by atoms with Crippen molar-refractivity contribution >= 4 is 24.3 Å². The number of methoxy groups -OCH3 is 3. The molecular weight excluding hydrogens is 368 g/mol. The van der Waals surface area contributed by atoms with Crippen molar-refractivity contribution in [1.29, 1.82) is 0 Å². The average molecular weight is 387 g/mol. The molecule has 3 aromatic rings. The summed E-state index contributed by atoms with van der Waals surface area (Å²) in [6.45, 7) is 3.94. The van der Waals surface area contributed by atoms with Gasteiger partial charge in [0.1, 0.15) is 5.75 Å². The Morgan fingerprint density at radius 1 is 1.00 bits per heavy atom. The van der Waals surface area contributed by atoms with Gasteiger partial charge >= 0.3 is 0 Å². The zero-order chi connectivity index (χ0) is 19.6. The molecule has 0 aliphatic rings. The summed E-state index contributed by atoms with van der Waals surface area (Å²) in [5.74, 6) is 1.61. The molecule has 0 amide bonds. The van der Waals surface area contributed by atoms with E-state index in [1.165, 1.54) is 4.68 Å². The molecule has 0 atom stereocenters. The van der Waals surface area contributed by atoms with Crippen molar-refractivity contribution in [2.75, 3.05) is 21.3 Å². The number of nitrogens with one attached hydrogen (secondary N) is 1. The smallest absolute Gasteiger partial charge is 0.279 e. The fraction of sp³-hybridized carbons (Fsp3) is 0.150. The lowest BCUT2D eigenvalue weighted by atomic mass is 10.1. The van der Waals surface area contributed by atoms with Crippen LogP contribution < -0.4 is 30.3 Å². The van der Waals surface area contributed by atoms with Crippen LogP contribution in [0, 0.1) is 0 Å². The van der Waals surface area contributed by atoms with E-state index < -0.39 is 0 Å². The van der Waals surface area contributed by atoms with Gasteiger partial charge in [0, 0.05) is 16.7 Å². The minimum Gasteiger partial charge on any atom is -0.496 e. The van der Waals surface area contributed by atoms with E-state index in [2.05, 4.69) is 11.7 Å². The first-order valence-electron chi connectivity index (χ1n) is 8.06. The highest BCUT2D eigenvalue weighted by molar-refractivity contribution is 6.30. The molecule has 1 N–H and O–H groups in total. The van der Waals surface area contributed by atoms with Crippen LogP contribution in [0.25, 0.3) is 18.3 Å². The standard InChI is InChI=1S/C20H19ClN2O4/c1-12-16(20(24)23(22-12)15-7-5-14(21)6-8-15)9-13-10-18(26-3)19(27-4)11-17(13)25-2/h5-11,22H,1H2,2-4H3/b16-9-. The van der Waals surface area contributed by atoms with E-state index in [9.17, 15) is 4.79 Å². The Hall–Kier alpha value is -3.12. The van der Waals surface area contributed by atoms with Crippen LogP contribution in [0.5, 0.6) is 17.2 Å². The van der Waals surface area contributed by atoms with Gasteiger partial charge < -0.3 is 14.2 Å². The Morgan fingerprint density at radius 3 is 2.19 bits per heavy atom. The molecule has 0 radical (unpaired) electrons. The molecule has 0 spiro atoms. The monoisotopic (exact) mass is 386 g/mol. The summed E-state index contributed by atoms with van der Waals surface area (Å²) in [6.07, 6.45) is 1.70. The lowest BCUT2D eigenvalue weighted by molar-refractivity contribution is 0.348. The van der Waals surface area contributed by atoms with Crippen molar-refractivity contribution in [1.82, 2.24) is 9.78 Å². The van der Waals surface area contributed by atoms with Crippen LogP contribution in [0.4, 0.5) is 0 Å². The number of aromatic nitrogens is 2. The summed E-state index contributed by atoms with van der Waals surface area (Å²) in [4.78, 5) is 12.9. The van der Waals surface area contributed by atoms with Gasteiger partial charge in [0.2, 0.25) is 0 Å². The topological polar surface area (TPSA) is 65.5 Å². The first-order chi connectivity index (χ1) is 13.0. The number of hydrogen-bond donors (Lipinski definition) is 1. The zero-order valence-corrected chi connectivity index (χ0v) is 16.0. The maximum absolute atomic E-state index is 12.9. The lowest BCUT2D eigenvalue weighted by Gasteiger charge is -2.11. The third-order valence-electron chi connectivity index (χ3n) is 4.13. The quantitative estimate of drug-likeness (QED) is 0.729. The molecule has 0 aliphatic carbocycles. The molecule has 0 saturated heterocycles. The molecule has 3 rings (SSSR count). The average Bonchev–Trinajstić information content (AvgIpc) is 2.96.